The Balaban J connectivity index is 1.58. The van der Waals surface area contributed by atoms with Crippen molar-refractivity contribution in [3.63, 3.8) is 0 Å². The summed E-state index contributed by atoms with van der Waals surface area (Å²) in [5.74, 6) is 0. The van der Waals surface area contributed by atoms with E-state index in [1.807, 2.05) is 0 Å². The SMILES string of the molecule is CN1CCN(P2(=Nc3cccc4ccccc34)C(=C3N(C)c4ccccc4C3(C)C)C=NN2c2ccccc2)CC1. The van der Waals surface area contributed by atoms with E-state index in [1.54, 1.807) is 0 Å². The highest BCUT2D eigenvalue weighted by molar-refractivity contribution is 7.71. The number of hydrogen-bond donors (Lipinski definition) is 0. The number of hydrazone groups is 1. The lowest BCUT2D eigenvalue weighted by atomic mass is 9.84. The predicted molar refractivity (Wildman–Crippen MR) is 174 cm³/mol. The van der Waals surface area contributed by atoms with E-state index in [0.29, 0.717) is 0 Å². The van der Waals surface area contributed by atoms with Gasteiger partial charge in [-0.25, -0.2) is 14.2 Å². The highest BCUT2D eigenvalue weighted by atomic mass is 31.2. The van der Waals surface area contributed by atoms with Crippen LogP contribution in [0, 0.1) is 0 Å². The first-order valence-electron chi connectivity index (χ1n) is 14.4. The maximum absolute atomic E-state index is 5.95. The molecule has 0 bridgehead atoms. The molecule has 0 radical (unpaired) electrons. The molecular weight excluding hydrogens is 523 g/mol. The summed E-state index contributed by atoms with van der Waals surface area (Å²) in [6.07, 6.45) is 2.13. The molecule has 1 unspecified atom stereocenters. The van der Waals surface area contributed by atoms with Crippen LogP contribution < -0.4 is 9.68 Å². The van der Waals surface area contributed by atoms with E-state index in [4.69, 9.17) is 9.85 Å². The molecule has 7 heteroatoms. The van der Waals surface area contributed by atoms with Gasteiger partial charge in [0.2, 0.25) is 0 Å². The summed E-state index contributed by atoms with van der Waals surface area (Å²) >= 11 is 0. The molecule has 0 amide bonds. The third kappa shape index (κ3) is 4.08. The van der Waals surface area contributed by atoms with Crippen molar-refractivity contribution >= 4 is 41.4 Å². The van der Waals surface area contributed by atoms with Gasteiger partial charge in [0.15, 0.2) is 7.36 Å². The summed E-state index contributed by atoms with van der Waals surface area (Å²) in [5, 5.41) is 8.86. The average Bonchev–Trinajstić information content (AvgIpc) is 3.45. The fourth-order valence-corrected chi connectivity index (χ4v) is 10.6. The van der Waals surface area contributed by atoms with Gasteiger partial charge in [-0.3, -0.25) is 0 Å². The lowest BCUT2D eigenvalue weighted by molar-refractivity contribution is 0.227. The number of nitrogens with zero attached hydrogens (tertiary/aromatic N) is 6. The van der Waals surface area contributed by atoms with Crippen LogP contribution in [0.15, 0.2) is 118 Å². The van der Waals surface area contributed by atoms with Crippen LogP contribution in [0.5, 0.6) is 0 Å². The van der Waals surface area contributed by atoms with Gasteiger partial charge in [0.1, 0.15) is 0 Å². The maximum Gasteiger partial charge on any atom is 0.179 e. The molecule has 0 N–H and O–H groups in total. The molecule has 7 rings (SSSR count). The van der Waals surface area contributed by atoms with Gasteiger partial charge in [0, 0.05) is 55.4 Å². The van der Waals surface area contributed by atoms with E-state index in [-0.39, 0.29) is 5.41 Å². The minimum atomic E-state index is -2.63. The van der Waals surface area contributed by atoms with Gasteiger partial charge in [0.25, 0.3) is 0 Å². The summed E-state index contributed by atoms with van der Waals surface area (Å²) < 4.78 is 10.9. The van der Waals surface area contributed by atoms with Crippen LogP contribution in [0.25, 0.3) is 10.8 Å². The number of likely N-dealkylation sites (N-methyl/N-ethyl adjacent to an activating group) is 2. The van der Waals surface area contributed by atoms with Crippen molar-refractivity contribution in [2.75, 3.05) is 50.0 Å². The molecule has 1 atom stereocenters. The molecule has 1 saturated heterocycles. The van der Waals surface area contributed by atoms with Crippen LogP contribution in [0.3, 0.4) is 0 Å². The van der Waals surface area contributed by atoms with Gasteiger partial charge in [0.05, 0.1) is 22.9 Å². The average molecular weight is 561 g/mol. The van der Waals surface area contributed by atoms with E-state index >= 15 is 0 Å². The smallest absolute Gasteiger partial charge is 0.179 e. The first-order valence-corrected chi connectivity index (χ1v) is 16.1. The Labute approximate surface area is 243 Å². The standard InChI is InChI=1S/C34H37N6P/c1-34(2)29-18-10-11-20-31(29)38(4)33(34)32-25-35-40(27-15-6-5-7-16-27)41(32,39-23-21-37(3)22-24-39)36-30-19-12-14-26-13-8-9-17-28(26)30/h5-20,25H,21-24H2,1-4H3. The van der Waals surface area contributed by atoms with Gasteiger partial charge in [-0.1, -0.05) is 86.6 Å². The fourth-order valence-electron chi connectivity index (χ4n) is 6.76. The second-order valence-electron chi connectivity index (χ2n) is 11.7. The Hall–Kier alpha value is -3.70. The van der Waals surface area contributed by atoms with Crippen LogP contribution >= 0.6 is 7.36 Å². The van der Waals surface area contributed by atoms with Crippen molar-refractivity contribution in [3.05, 3.63) is 114 Å². The number of benzene rings is 4. The van der Waals surface area contributed by atoms with Crippen LogP contribution in [-0.4, -0.2) is 56.1 Å². The van der Waals surface area contributed by atoms with E-state index in [0.717, 1.165) is 37.6 Å². The van der Waals surface area contributed by atoms with Crippen LogP contribution in [-0.2, 0) is 5.41 Å². The Bertz CT molecular complexity index is 1730. The zero-order valence-electron chi connectivity index (χ0n) is 24.3. The summed E-state index contributed by atoms with van der Waals surface area (Å²) in [6.45, 7) is 8.56. The number of rotatable bonds is 3. The molecule has 41 heavy (non-hydrogen) atoms. The van der Waals surface area contributed by atoms with Gasteiger partial charge >= 0.3 is 0 Å². The number of piperazine rings is 1. The highest BCUT2D eigenvalue weighted by Crippen LogP contribution is 2.71. The first-order chi connectivity index (χ1) is 19.9. The summed E-state index contributed by atoms with van der Waals surface area (Å²) in [5.41, 5.74) is 5.79. The Morgan fingerprint density at radius 3 is 2.22 bits per heavy atom. The Morgan fingerprint density at radius 1 is 0.756 bits per heavy atom. The van der Waals surface area contributed by atoms with Gasteiger partial charge in [-0.15, -0.1) is 0 Å². The molecule has 0 saturated carbocycles. The quantitative estimate of drug-likeness (QED) is 0.239. The topological polar surface area (TPSA) is 37.7 Å². The predicted octanol–water partition coefficient (Wildman–Crippen LogP) is 7.90. The third-order valence-electron chi connectivity index (χ3n) is 8.86. The lowest BCUT2D eigenvalue weighted by Gasteiger charge is -2.44. The number of fused-ring (bicyclic) bond motifs is 2. The van der Waals surface area contributed by atoms with Crippen molar-refractivity contribution in [2.45, 2.75) is 19.3 Å². The van der Waals surface area contributed by atoms with Crippen molar-refractivity contribution in [1.82, 2.24) is 9.57 Å². The normalized spacial score (nSPS) is 24.3. The zero-order chi connectivity index (χ0) is 28.2. The third-order valence-corrected chi connectivity index (χ3v) is 12.4. The summed E-state index contributed by atoms with van der Waals surface area (Å²) in [7, 11) is 1.80. The van der Waals surface area contributed by atoms with Crippen molar-refractivity contribution < 1.29 is 0 Å². The van der Waals surface area contributed by atoms with Gasteiger partial charge in [-0.2, -0.15) is 5.10 Å². The second kappa shape index (κ2) is 9.99. The Kier molecular flexibility index (Phi) is 6.39. The van der Waals surface area contributed by atoms with Gasteiger partial charge in [-0.05, 0) is 42.3 Å². The minimum Gasteiger partial charge on any atom is -0.346 e. The molecule has 3 aliphatic rings. The summed E-state index contributed by atoms with van der Waals surface area (Å²) in [6, 6.07) is 34.5. The lowest BCUT2D eigenvalue weighted by Crippen LogP contribution is -2.44. The molecule has 3 aliphatic heterocycles. The zero-order valence-corrected chi connectivity index (χ0v) is 25.2. The number of para-hydroxylation sites is 2. The van der Waals surface area contributed by atoms with E-state index < -0.39 is 7.36 Å². The van der Waals surface area contributed by atoms with Crippen LogP contribution in [0.4, 0.5) is 17.1 Å². The minimum absolute atomic E-state index is 0.203. The van der Waals surface area contributed by atoms with Crippen molar-refractivity contribution in [1.29, 1.82) is 0 Å². The van der Waals surface area contributed by atoms with E-state index in [1.165, 1.54) is 33.0 Å². The molecule has 0 spiro atoms. The first kappa shape index (κ1) is 26.2. The van der Waals surface area contributed by atoms with Crippen molar-refractivity contribution in [3.8, 4) is 0 Å². The fraction of sp³-hybridized carbons (Fsp3) is 0.265. The molecular formula is C34H37N6P. The molecule has 3 heterocycles. The molecule has 0 aromatic heterocycles. The van der Waals surface area contributed by atoms with Gasteiger partial charge < -0.3 is 9.80 Å². The highest BCUT2D eigenvalue weighted by Gasteiger charge is 2.50. The molecule has 0 aliphatic carbocycles. The molecule has 4 aromatic carbocycles. The Morgan fingerprint density at radius 2 is 1.44 bits per heavy atom. The van der Waals surface area contributed by atoms with Crippen LogP contribution in [0.2, 0.25) is 0 Å². The molecule has 208 valence electrons. The number of anilines is 2. The largest absolute Gasteiger partial charge is 0.346 e. The van der Waals surface area contributed by atoms with E-state index in [9.17, 15) is 0 Å². The molecule has 6 nitrogen and oxygen atoms in total. The van der Waals surface area contributed by atoms with E-state index in [2.05, 4.69) is 150 Å². The van der Waals surface area contributed by atoms with Crippen LogP contribution in [0.1, 0.15) is 19.4 Å². The molecule has 1 fully saturated rings. The maximum atomic E-state index is 5.95. The number of allylic oxidation sites excluding steroid dienone is 2. The molecule has 4 aromatic rings. The second-order valence-corrected chi connectivity index (χ2v) is 14.5. The van der Waals surface area contributed by atoms with Crippen molar-refractivity contribution in [2.24, 2.45) is 9.85 Å². The number of hydrogen-bond acceptors (Lipinski definition) is 4. The monoisotopic (exact) mass is 560 g/mol. The summed E-state index contributed by atoms with van der Waals surface area (Å²) in [4.78, 5) is 4.82.